The Kier molecular flexibility index (Phi) is 4.09. The van der Waals surface area contributed by atoms with Crippen molar-refractivity contribution in [2.24, 2.45) is 5.41 Å². The monoisotopic (exact) mass is 156 g/mol. The van der Waals surface area contributed by atoms with Crippen molar-refractivity contribution in [1.29, 1.82) is 0 Å². The Morgan fingerprint density at radius 2 is 2.09 bits per heavy atom. The number of hydrogen-bond acceptors (Lipinski definition) is 2. The molecule has 0 rings (SSSR count). The van der Waals surface area contributed by atoms with Gasteiger partial charge in [-0.2, -0.15) is 0 Å². The average molecular weight is 156 g/mol. The van der Waals surface area contributed by atoms with Gasteiger partial charge in [0.25, 0.3) is 0 Å². The van der Waals surface area contributed by atoms with E-state index < -0.39 is 0 Å². The molecule has 0 bridgehead atoms. The van der Waals surface area contributed by atoms with Gasteiger partial charge in [0.05, 0.1) is 0 Å². The lowest BCUT2D eigenvalue weighted by Crippen LogP contribution is -2.16. The van der Waals surface area contributed by atoms with Crippen molar-refractivity contribution in [2.75, 3.05) is 6.61 Å². The summed E-state index contributed by atoms with van der Waals surface area (Å²) in [5, 5.41) is 8.87. The molecule has 0 aliphatic carbocycles. The zero-order valence-corrected chi connectivity index (χ0v) is 7.48. The first-order valence-corrected chi connectivity index (χ1v) is 3.83. The molecule has 1 N–H and O–H groups in total. The summed E-state index contributed by atoms with van der Waals surface area (Å²) in [5.74, 6) is 1.85. The van der Waals surface area contributed by atoms with E-state index in [2.05, 4.69) is 0 Å². The highest BCUT2D eigenvalue weighted by atomic mass is 16.3. The van der Waals surface area contributed by atoms with Crippen LogP contribution in [0.25, 0.3) is 0 Å². The van der Waals surface area contributed by atoms with Gasteiger partial charge < -0.3 is 5.11 Å². The summed E-state index contributed by atoms with van der Waals surface area (Å²) in [4.78, 5) is 10.1. The quantitative estimate of drug-likeness (QED) is 0.627. The van der Waals surface area contributed by atoms with Crippen LogP contribution in [0.3, 0.4) is 0 Å². The smallest absolute Gasteiger partial charge is 0.123 e. The molecule has 0 heterocycles. The van der Waals surface area contributed by atoms with Gasteiger partial charge in [-0.15, -0.1) is 0 Å². The highest BCUT2D eigenvalue weighted by Crippen LogP contribution is 2.22. The van der Waals surface area contributed by atoms with Crippen molar-refractivity contribution in [3.8, 4) is 0 Å². The molecule has 0 fully saturated rings. The minimum atomic E-state index is -0.0713. The van der Waals surface area contributed by atoms with E-state index >= 15 is 0 Å². The Labute approximate surface area is 67.9 Å². The lowest BCUT2D eigenvalue weighted by Gasteiger charge is -2.20. The van der Waals surface area contributed by atoms with Crippen LogP contribution < -0.4 is 0 Å². The average Bonchev–Trinajstić information content (AvgIpc) is 2.00. The Morgan fingerprint density at radius 1 is 1.55 bits per heavy atom. The van der Waals surface area contributed by atoms with Crippen LogP contribution in [0.15, 0.2) is 5.57 Å². The minimum absolute atomic E-state index is 0.0713. The first-order chi connectivity index (χ1) is 5.02. The van der Waals surface area contributed by atoms with E-state index in [0.717, 1.165) is 18.4 Å². The van der Waals surface area contributed by atoms with Crippen molar-refractivity contribution >= 4 is 5.94 Å². The fraction of sp³-hybridized carbons (Fsp3) is 0.778. The summed E-state index contributed by atoms with van der Waals surface area (Å²) >= 11 is 0. The number of carbonyl (C=O) groups excluding carboxylic acids is 1. The first kappa shape index (κ1) is 10.4. The maximum absolute atomic E-state index is 10.1. The molecule has 2 nitrogen and oxygen atoms in total. The molecule has 0 saturated carbocycles. The van der Waals surface area contributed by atoms with Gasteiger partial charge in [0.1, 0.15) is 5.94 Å². The molecule has 0 saturated heterocycles. The van der Waals surface area contributed by atoms with Crippen LogP contribution in [0.5, 0.6) is 0 Å². The normalized spacial score (nSPS) is 10.9. The fourth-order valence-corrected chi connectivity index (χ4v) is 0.656. The van der Waals surface area contributed by atoms with Crippen LogP contribution in [0.4, 0.5) is 0 Å². The summed E-state index contributed by atoms with van der Waals surface area (Å²) in [6.45, 7) is 5.88. The number of aliphatic hydroxyl groups excluding tert-OH is 1. The number of rotatable bonds is 4. The first-order valence-electron chi connectivity index (χ1n) is 3.83. The second-order valence-electron chi connectivity index (χ2n) is 3.70. The van der Waals surface area contributed by atoms with Gasteiger partial charge in [0.2, 0.25) is 0 Å². The maximum Gasteiger partial charge on any atom is 0.123 e. The molecule has 0 aliphatic heterocycles. The van der Waals surface area contributed by atoms with Gasteiger partial charge >= 0.3 is 0 Å². The largest absolute Gasteiger partial charge is 0.396 e. The molecule has 0 radical (unpaired) electrons. The summed E-state index contributed by atoms with van der Waals surface area (Å²) in [6.07, 6.45) is 1.57. The van der Waals surface area contributed by atoms with E-state index in [-0.39, 0.29) is 12.0 Å². The third kappa shape index (κ3) is 4.77. The summed E-state index contributed by atoms with van der Waals surface area (Å²) < 4.78 is 0. The van der Waals surface area contributed by atoms with Gasteiger partial charge in [-0.05, 0) is 25.2 Å². The maximum atomic E-state index is 10.1. The SMILES string of the molecule is CC(=C=O)CCC(C)(C)CO. The van der Waals surface area contributed by atoms with Crippen molar-refractivity contribution in [2.45, 2.75) is 33.6 Å². The van der Waals surface area contributed by atoms with Gasteiger partial charge in [0.15, 0.2) is 0 Å². The summed E-state index contributed by atoms with van der Waals surface area (Å²) in [5.41, 5.74) is 0.657. The standard InChI is InChI=1S/C9H16O2/c1-8(6-10)4-5-9(2,3)7-11/h11H,4-5,7H2,1-3H3. The van der Waals surface area contributed by atoms with Gasteiger partial charge in [-0.25, -0.2) is 4.79 Å². The molecule has 0 spiro atoms. The minimum Gasteiger partial charge on any atom is -0.396 e. The predicted octanol–water partition coefficient (Wildman–Crippen LogP) is 1.56. The van der Waals surface area contributed by atoms with Crippen LogP contribution in [0, 0.1) is 5.41 Å². The Hall–Kier alpha value is -0.590. The Balaban J connectivity index is 3.79. The van der Waals surface area contributed by atoms with E-state index in [0.29, 0.717) is 0 Å². The van der Waals surface area contributed by atoms with Crippen LogP contribution in [0.1, 0.15) is 33.6 Å². The van der Waals surface area contributed by atoms with Crippen LogP contribution in [-0.4, -0.2) is 17.7 Å². The molecular weight excluding hydrogens is 140 g/mol. The molecule has 0 aromatic heterocycles. The van der Waals surface area contributed by atoms with Crippen molar-refractivity contribution < 1.29 is 9.90 Å². The van der Waals surface area contributed by atoms with E-state index in [1.807, 2.05) is 19.8 Å². The number of allylic oxidation sites excluding steroid dienone is 1. The second kappa shape index (κ2) is 4.32. The zero-order chi connectivity index (χ0) is 8.91. The molecule has 11 heavy (non-hydrogen) atoms. The molecule has 0 atom stereocenters. The van der Waals surface area contributed by atoms with E-state index in [9.17, 15) is 4.79 Å². The highest BCUT2D eigenvalue weighted by molar-refractivity contribution is 5.50. The molecular formula is C9H16O2. The fourth-order valence-electron chi connectivity index (χ4n) is 0.656. The molecule has 0 aromatic carbocycles. The van der Waals surface area contributed by atoms with E-state index in [4.69, 9.17) is 5.11 Å². The van der Waals surface area contributed by atoms with Crippen LogP contribution >= 0.6 is 0 Å². The van der Waals surface area contributed by atoms with Gasteiger partial charge in [0, 0.05) is 12.2 Å². The lowest BCUT2D eigenvalue weighted by molar-refractivity contribution is 0.151. The van der Waals surface area contributed by atoms with Crippen molar-refractivity contribution in [1.82, 2.24) is 0 Å². The summed E-state index contributed by atoms with van der Waals surface area (Å²) in [7, 11) is 0. The highest BCUT2D eigenvalue weighted by Gasteiger charge is 2.15. The molecule has 2 heteroatoms. The zero-order valence-electron chi connectivity index (χ0n) is 7.48. The molecule has 0 aliphatic rings. The number of aliphatic hydroxyl groups is 1. The molecule has 0 aromatic rings. The molecule has 0 amide bonds. The van der Waals surface area contributed by atoms with E-state index in [1.165, 1.54) is 0 Å². The van der Waals surface area contributed by atoms with Crippen LogP contribution in [-0.2, 0) is 4.79 Å². The van der Waals surface area contributed by atoms with Gasteiger partial charge in [-0.1, -0.05) is 13.8 Å². The second-order valence-corrected chi connectivity index (χ2v) is 3.70. The third-order valence-electron chi connectivity index (χ3n) is 1.78. The Bertz CT molecular complexity index is 164. The number of hydrogen-bond donors (Lipinski definition) is 1. The lowest BCUT2D eigenvalue weighted by atomic mass is 9.88. The Morgan fingerprint density at radius 3 is 2.45 bits per heavy atom. The van der Waals surface area contributed by atoms with Crippen LogP contribution in [0.2, 0.25) is 0 Å². The molecule has 0 unspecified atom stereocenters. The van der Waals surface area contributed by atoms with E-state index in [1.54, 1.807) is 6.92 Å². The van der Waals surface area contributed by atoms with Crippen molar-refractivity contribution in [3.63, 3.8) is 0 Å². The van der Waals surface area contributed by atoms with Crippen molar-refractivity contribution in [3.05, 3.63) is 5.57 Å². The third-order valence-corrected chi connectivity index (χ3v) is 1.78. The molecule has 64 valence electrons. The van der Waals surface area contributed by atoms with Gasteiger partial charge in [-0.3, -0.25) is 0 Å². The predicted molar refractivity (Wildman–Crippen MR) is 45.0 cm³/mol. The topological polar surface area (TPSA) is 37.3 Å². The summed E-state index contributed by atoms with van der Waals surface area (Å²) in [6, 6.07) is 0.